The Bertz CT molecular complexity index is 1450. The van der Waals surface area contributed by atoms with Crippen LogP contribution in [0.25, 0.3) is 5.69 Å². The number of hydrogen-bond acceptors (Lipinski definition) is 7. The molecule has 0 aliphatic heterocycles. The molecular weight excluding hydrogens is 452 g/mol. The molecular formula is C25H18N4O4S. The number of carbonyl (C=O) groups excluding carboxylic acids is 3. The summed E-state index contributed by atoms with van der Waals surface area (Å²) in [6.45, 7) is 0. The third-order valence-corrected chi connectivity index (χ3v) is 6.35. The van der Waals surface area contributed by atoms with Crippen molar-refractivity contribution in [2.45, 2.75) is 5.16 Å². The highest BCUT2D eigenvalue weighted by Crippen LogP contribution is 2.32. The minimum absolute atomic E-state index is 0.0328. The summed E-state index contributed by atoms with van der Waals surface area (Å²) in [6, 6.07) is 19.0. The number of anilines is 1. The predicted molar refractivity (Wildman–Crippen MR) is 127 cm³/mol. The van der Waals surface area contributed by atoms with E-state index in [-0.39, 0.29) is 34.4 Å². The zero-order valence-electron chi connectivity index (χ0n) is 18.0. The summed E-state index contributed by atoms with van der Waals surface area (Å²) in [5.41, 5.74) is 2.31. The van der Waals surface area contributed by atoms with Gasteiger partial charge in [-0.2, -0.15) is 0 Å². The molecule has 0 unspecified atom stereocenters. The van der Waals surface area contributed by atoms with Crippen LogP contribution in [0, 0.1) is 0 Å². The van der Waals surface area contributed by atoms with E-state index in [0.717, 1.165) is 5.69 Å². The van der Waals surface area contributed by atoms with Gasteiger partial charge in [-0.1, -0.05) is 54.2 Å². The SMILES string of the molecule is COc1cccc(-n2cnnc2SCC(=O)Nc2cccc3c2C(=O)c2ccccc2C3=O)c1. The molecule has 168 valence electrons. The summed E-state index contributed by atoms with van der Waals surface area (Å²) in [6.07, 6.45) is 1.56. The summed E-state index contributed by atoms with van der Waals surface area (Å²) in [7, 11) is 1.59. The standard InChI is InChI=1S/C25H18N4O4S/c1-33-16-7-4-6-15(12-16)29-14-26-28-25(29)34-13-21(30)27-20-11-5-10-19-22(20)24(32)18-9-3-2-8-17(18)23(19)31/h2-12,14H,13H2,1H3,(H,27,30). The van der Waals surface area contributed by atoms with Crippen LogP contribution in [-0.4, -0.2) is 45.1 Å². The highest BCUT2D eigenvalue weighted by atomic mass is 32.2. The molecule has 0 saturated heterocycles. The van der Waals surface area contributed by atoms with Crippen molar-refractivity contribution >= 4 is 34.9 Å². The van der Waals surface area contributed by atoms with E-state index in [1.54, 1.807) is 60.5 Å². The molecule has 9 heteroatoms. The second kappa shape index (κ2) is 8.95. The second-order valence-electron chi connectivity index (χ2n) is 7.45. The van der Waals surface area contributed by atoms with Crippen molar-refractivity contribution in [2.75, 3.05) is 18.2 Å². The zero-order valence-corrected chi connectivity index (χ0v) is 18.8. The number of nitrogens with one attached hydrogen (secondary N) is 1. The van der Waals surface area contributed by atoms with Crippen molar-refractivity contribution in [1.82, 2.24) is 14.8 Å². The Balaban J connectivity index is 1.34. The maximum atomic E-state index is 13.1. The molecule has 1 aromatic heterocycles. The maximum absolute atomic E-state index is 13.1. The zero-order chi connectivity index (χ0) is 23.7. The molecule has 1 aliphatic carbocycles. The predicted octanol–water partition coefficient (Wildman–Crippen LogP) is 3.78. The number of ketones is 2. The average molecular weight is 471 g/mol. The first-order valence-electron chi connectivity index (χ1n) is 10.4. The van der Waals surface area contributed by atoms with Crippen molar-refractivity contribution in [3.8, 4) is 11.4 Å². The van der Waals surface area contributed by atoms with Gasteiger partial charge in [0.2, 0.25) is 5.91 Å². The van der Waals surface area contributed by atoms with E-state index in [1.165, 1.54) is 11.8 Å². The third kappa shape index (κ3) is 3.86. The van der Waals surface area contributed by atoms with Crippen LogP contribution >= 0.6 is 11.8 Å². The van der Waals surface area contributed by atoms with Gasteiger partial charge in [0.1, 0.15) is 12.1 Å². The van der Waals surface area contributed by atoms with Crippen LogP contribution in [0.3, 0.4) is 0 Å². The second-order valence-corrected chi connectivity index (χ2v) is 8.40. The maximum Gasteiger partial charge on any atom is 0.234 e. The van der Waals surface area contributed by atoms with Crippen LogP contribution in [0.15, 0.2) is 78.2 Å². The molecule has 0 atom stereocenters. The summed E-state index contributed by atoms with van der Waals surface area (Å²) < 4.78 is 7.02. The van der Waals surface area contributed by atoms with E-state index in [4.69, 9.17) is 4.74 Å². The molecule has 0 radical (unpaired) electrons. The van der Waals surface area contributed by atoms with E-state index in [1.807, 2.05) is 24.3 Å². The first-order chi connectivity index (χ1) is 16.6. The molecule has 0 bridgehead atoms. The lowest BCUT2D eigenvalue weighted by Gasteiger charge is -2.20. The van der Waals surface area contributed by atoms with Gasteiger partial charge in [0.05, 0.1) is 29.8 Å². The minimum Gasteiger partial charge on any atom is -0.497 e. The molecule has 1 aliphatic rings. The van der Waals surface area contributed by atoms with Gasteiger partial charge >= 0.3 is 0 Å². The molecule has 8 nitrogen and oxygen atoms in total. The van der Waals surface area contributed by atoms with E-state index in [0.29, 0.717) is 27.7 Å². The normalized spacial score (nSPS) is 12.1. The van der Waals surface area contributed by atoms with Gasteiger partial charge in [0, 0.05) is 22.8 Å². The Kier molecular flexibility index (Phi) is 5.69. The number of carbonyl (C=O) groups is 3. The van der Waals surface area contributed by atoms with Crippen molar-refractivity contribution in [3.05, 3.63) is 95.3 Å². The molecule has 34 heavy (non-hydrogen) atoms. The number of nitrogens with zero attached hydrogens (tertiary/aromatic N) is 3. The summed E-state index contributed by atoms with van der Waals surface area (Å²) in [5, 5.41) is 11.4. The Hall–Kier alpha value is -4.24. The fourth-order valence-corrected chi connectivity index (χ4v) is 4.55. The van der Waals surface area contributed by atoms with E-state index >= 15 is 0 Å². The number of fused-ring (bicyclic) bond motifs is 2. The van der Waals surface area contributed by atoms with Crippen LogP contribution in [0.4, 0.5) is 5.69 Å². The lowest BCUT2D eigenvalue weighted by molar-refractivity contribution is -0.113. The molecule has 4 aromatic rings. The minimum atomic E-state index is -0.335. The van der Waals surface area contributed by atoms with Crippen LogP contribution in [0.2, 0.25) is 0 Å². The first-order valence-corrected chi connectivity index (χ1v) is 11.3. The van der Waals surface area contributed by atoms with Gasteiger partial charge in [-0.05, 0) is 18.2 Å². The van der Waals surface area contributed by atoms with E-state index in [2.05, 4.69) is 15.5 Å². The van der Waals surface area contributed by atoms with Crippen LogP contribution in [-0.2, 0) is 4.79 Å². The molecule has 5 rings (SSSR count). The number of aromatic nitrogens is 3. The fraction of sp³-hybridized carbons (Fsp3) is 0.0800. The summed E-state index contributed by atoms with van der Waals surface area (Å²) >= 11 is 1.20. The Morgan fingerprint density at radius 1 is 0.971 bits per heavy atom. The van der Waals surface area contributed by atoms with Gasteiger partial charge < -0.3 is 10.1 Å². The smallest absolute Gasteiger partial charge is 0.234 e. The topological polar surface area (TPSA) is 103 Å². The van der Waals surface area contributed by atoms with Crippen molar-refractivity contribution in [2.24, 2.45) is 0 Å². The average Bonchev–Trinajstić information content (AvgIpc) is 3.35. The number of hydrogen-bond donors (Lipinski definition) is 1. The van der Waals surface area contributed by atoms with Gasteiger partial charge in [0.15, 0.2) is 16.7 Å². The highest BCUT2D eigenvalue weighted by Gasteiger charge is 2.31. The summed E-state index contributed by atoms with van der Waals surface area (Å²) in [5.74, 6) is -0.133. The van der Waals surface area contributed by atoms with Crippen molar-refractivity contribution in [3.63, 3.8) is 0 Å². The fourth-order valence-electron chi connectivity index (χ4n) is 3.83. The first kappa shape index (κ1) is 21.6. The van der Waals surface area contributed by atoms with Crippen molar-refractivity contribution < 1.29 is 19.1 Å². The highest BCUT2D eigenvalue weighted by molar-refractivity contribution is 7.99. The Labute approximate surface area is 199 Å². The summed E-state index contributed by atoms with van der Waals surface area (Å²) in [4.78, 5) is 38.8. The van der Waals surface area contributed by atoms with Gasteiger partial charge in [-0.3, -0.25) is 19.0 Å². The molecule has 3 aromatic carbocycles. The third-order valence-electron chi connectivity index (χ3n) is 5.41. The number of thioether (sulfide) groups is 1. The quantitative estimate of drug-likeness (QED) is 0.377. The number of ether oxygens (including phenoxy) is 1. The monoisotopic (exact) mass is 470 g/mol. The lowest BCUT2D eigenvalue weighted by Crippen LogP contribution is -2.24. The van der Waals surface area contributed by atoms with E-state index in [9.17, 15) is 14.4 Å². The number of rotatable bonds is 6. The molecule has 0 saturated carbocycles. The van der Waals surface area contributed by atoms with Crippen LogP contribution in [0.5, 0.6) is 5.75 Å². The van der Waals surface area contributed by atoms with Crippen LogP contribution < -0.4 is 10.1 Å². The lowest BCUT2D eigenvalue weighted by atomic mass is 9.83. The number of amides is 1. The number of benzene rings is 3. The molecule has 0 spiro atoms. The molecule has 0 fully saturated rings. The van der Waals surface area contributed by atoms with Gasteiger partial charge in [-0.15, -0.1) is 10.2 Å². The Morgan fingerprint density at radius 2 is 1.71 bits per heavy atom. The van der Waals surface area contributed by atoms with E-state index < -0.39 is 0 Å². The Morgan fingerprint density at radius 3 is 2.50 bits per heavy atom. The van der Waals surface area contributed by atoms with Crippen LogP contribution in [0.1, 0.15) is 31.8 Å². The van der Waals surface area contributed by atoms with Crippen molar-refractivity contribution in [1.29, 1.82) is 0 Å². The van der Waals surface area contributed by atoms with Gasteiger partial charge in [0.25, 0.3) is 0 Å². The van der Waals surface area contributed by atoms with Gasteiger partial charge in [-0.25, -0.2) is 0 Å². The molecule has 1 N–H and O–H groups in total. The number of methoxy groups -OCH3 is 1. The molecule has 1 amide bonds. The largest absolute Gasteiger partial charge is 0.497 e. The molecule has 1 heterocycles.